The van der Waals surface area contributed by atoms with Crippen LogP contribution in [0, 0.1) is 20.2 Å². The number of rotatable bonds is 5. The lowest BCUT2D eigenvalue weighted by atomic mass is 10.1. The van der Waals surface area contributed by atoms with Crippen LogP contribution in [0.3, 0.4) is 0 Å². The second-order valence-electron chi connectivity index (χ2n) is 5.62. The van der Waals surface area contributed by atoms with Crippen LogP contribution in [-0.4, -0.2) is 25.9 Å². The summed E-state index contributed by atoms with van der Waals surface area (Å²) in [5.41, 5.74) is 0.0125. The first-order chi connectivity index (χ1) is 13.3. The fraction of sp³-hybridized carbons (Fsp3) is 0.0588. The molecule has 1 aliphatic rings. The Hall–Kier alpha value is -3.24. The van der Waals surface area contributed by atoms with Crippen molar-refractivity contribution in [1.29, 1.82) is 0 Å². The number of amides is 2. The highest BCUT2D eigenvalue weighted by atomic mass is 35.5. The number of non-ortho nitro benzene ring substituents is 1. The molecule has 1 saturated heterocycles. The number of thioether (sulfide) groups is 1. The summed E-state index contributed by atoms with van der Waals surface area (Å²) in [5, 5.41) is 21.6. The summed E-state index contributed by atoms with van der Waals surface area (Å²) in [7, 11) is 0. The van der Waals surface area contributed by atoms with Gasteiger partial charge in [-0.05, 0) is 23.9 Å². The Kier molecular flexibility index (Phi) is 5.43. The van der Waals surface area contributed by atoms with Gasteiger partial charge in [-0.25, -0.2) is 0 Å². The lowest BCUT2D eigenvalue weighted by Crippen LogP contribution is -2.27. The van der Waals surface area contributed by atoms with Crippen molar-refractivity contribution < 1.29 is 19.4 Å². The van der Waals surface area contributed by atoms with Gasteiger partial charge < -0.3 is 0 Å². The third kappa shape index (κ3) is 3.87. The van der Waals surface area contributed by atoms with E-state index in [2.05, 4.69) is 0 Å². The van der Waals surface area contributed by atoms with E-state index in [9.17, 15) is 29.8 Å². The fourth-order valence-corrected chi connectivity index (χ4v) is 3.53. The Labute approximate surface area is 166 Å². The van der Waals surface area contributed by atoms with Crippen LogP contribution in [0.2, 0.25) is 5.02 Å². The highest BCUT2D eigenvalue weighted by Crippen LogP contribution is 2.36. The molecule has 0 aromatic heterocycles. The number of nitrogens with zero attached hydrogens (tertiary/aromatic N) is 3. The predicted molar refractivity (Wildman–Crippen MR) is 103 cm³/mol. The van der Waals surface area contributed by atoms with Gasteiger partial charge in [-0.1, -0.05) is 29.8 Å². The molecule has 28 heavy (non-hydrogen) atoms. The minimum absolute atomic E-state index is 0.0194. The van der Waals surface area contributed by atoms with Gasteiger partial charge in [-0.2, -0.15) is 0 Å². The minimum Gasteiger partial charge on any atom is -0.268 e. The zero-order valence-electron chi connectivity index (χ0n) is 13.9. The number of carbonyl (C=O) groups is 2. The Balaban J connectivity index is 1.91. The first-order valence-corrected chi connectivity index (χ1v) is 8.89. The number of nitro groups is 2. The van der Waals surface area contributed by atoms with Gasteiger partial charge in [0.15, 0.2) is 0 Å². The molecule has 2 aromatic rings. The van der Waals surface area contributed by atoms with E-state index in [0.29, 0.717) is 11.8 Å². The van der Waals surface area contributed by atoms with Crippen molar-refractivity contribution in [2.75, 3.05) is 0 Å². The molecule has 1 fully saturated rings. The SMILES string of the molecule is O=C1S/C(=C/c2cc([N+](=O)[O-])ccc2Cl)C(=O)N1Cc1ccccc1[N+](=O)[O-]. The molecule has 0 spiro atoms. The first-order valence-electron chi connectivity index (χ1n) is 7.69. The Morgan fingerprint density at radius 1 is 1.07 bits per heavy atom. The van der Waals surface area contributed by atoms with E-state index in [1.807, 2.05) is 0 Å². The van der Waals surface area contributed by atoms with E-state index in [1.54, 1.807) is 6.07 Å². The topological polar surface area (TPSA) is 124 Å². The van der Waals surface area contributed by atoms with E-state index < -0.39 is 21.0 Å². The van der Waals surface area contributed by atoms with Crippen LogP contribution in [0.1, 0.15) is 11.1 Å². The summed E-state index contributed by atoms with van der Waals surface area (Å²) in [5.74, 6) is -0.657. The average Bonchev–Trinajstić information content (AvgIpc) is 2.91. The van der Waals surface area contributed by atoms with Crippen molar-refractivity contribution in [3.05, 3.63) is 83.7 Å². The number of nitro benzene ring substituents is 2. The maximum atomic E-state index is 12.6. The number of carbonyl (C=O) groups excluding carboxylic acids is 2. The van der Waals surface area contributed by atoms with E-state index in [4.69, 9.17) is 11.6 Å². The number of hydrogen-bond donors (Lipinski definition) is 0. The Morgan fingerprint density at radius 2 is 1.79 bits per heavy atom. The molecule has 0 N–H and O–H groups in total. The largest absolute Gasteiger partial charge is 0.293 e. The van der Waals surface area contributed by atoms with E-state index in [-0.39, 0.29) is 39.0 Å². The van der Waals surface area contributed by atoms with Crippen molar-refractivity contribution in [1.82, 2.24) is 4.90 Å². The average molecular weight is 420 g/mol. The maximum absolute atomic E-state index is 12.6. The zero-order valence-corrected chi connectivity index (χ0v) is 15.5. The normalized spacial score (nSPS) is 15.3. The lowest BCUT2D eigenvalue weighted by molar-refractivity contribution is -0.385. The highest BCUT2D eigenvalue weighted by Gasteiger charge is 2.36. The molecule has 2 amide bonds. The van der Waals surface area contributed by atoms with Crippen LogP contribution in [0.4, 0.5) is 16.2 Å². The van der Waals surface area contributed by atoms with Crippen molar-refractivity contribution in [3.63, 3.8) is 0 Å². The summed E-state index contributed by atoms with van der Waals surface area (Å²) in [6.07, 6.45) is 1.29. The molecule has 9 nitrogen and oxygen atoms in total. The summed E-state index contributed by atoms with van der Waals surface area (Å²) >= 11 is 6.66. The van der Waals surface area contributed by atoms with Crippen LogP contribution in [0.15, 0.2) is 47.4 Å². The molecule has 11 heteroatoms. The summed E-state index contributed by atoms with van der Waals surface area (Å²) < 4.78 is 0. The lowest BCUT2D eigenvalue weighted by Gasteiger charge is -2.12. The van der Waals surface area contributed by atoms with Gasteiger partial charge in [0.2, 0.25) is 0 Å². The smallest absolute Gasteiger partial charge is 0.268 e. The first kappa shape index (κ1) is 19.5. The number of benzene rings is 2. The molecule has 0 unspecified atom stereocenters. The van der Waals surface area contributed by atoms with E-state index >= 15 is 0 Å². The van der Waals surface area contributed by atoms with E-state index in [1.165, 1.54) is 42.5 Å². The van der Waals surface area contributed by atoms with Gasteiger partial charge in [-0.15, -0.1) is 0 Å². The monoisotopic (exact) mass is 419 g/mol. The van der Waals surface area contributed by atoms with Gasteiger partial charge in [0.1, 0.15) is 0 Å². The van der Waals surface area contributed by atoms with Crippen molar-refractivity contribution in [3.8, 4) is 0 Å². The second kappa shape index (κ2) is 7.79. The van der Waals surface area contributed by atoms with Gasteiger partial charge in [-0.3, -0.25) is 34.7 Å². The summed E-state index contributed by atoms with van der Waals surface area (Å²) in [6.45, 7) is -0.262. The predicted octanol–water partition coefficient (Wildman–Crippen LogP) is 4.39. The molecule has 142 valence electrons. The molecule has 1 heterocycles. The van der Waals surface area contributed by atoms with Gasteiger partial charge in [0.25, 0.3) is 22.5 Å². The summed E-state index contributed by atoms with van der Waals surface area (Å²) in [4.78, 5) is 46.6. The fourth-order valence-electron chi connectivity index (χ4n) is 2.53. The second-order valence-corrected chi connectivity index (χ2v) is 7.02. The number of halogens is 1. The third-order valence-corrected chi connectivity index (χ3v) is 5.12. The number of para-hydroxylation sites is 1. The van der Waals surface area contributed by atoms with Crippen LogP contribution in [0.5, 0.6) is 0 Å². The van der Waals surface area contributed by atoms with Crippen molar-refractivity contribution in [2.24, 2.45) is 0 Å². The molecule has 0 bridgehead atoms. The molecule has 1 aliphatic heterocycles. The Bertz CT molecular complexity index is 1050. The minimum atomic E-state index is -0.657. The quantitative estimate of drug-likeness (QED) is 0.399. The van der Waals surface area contributed by atoms with Crippen LogP contribution in [-0.2, 0) is 11.3 Å². The molecule has 0 radical (unpaired) electrons. The Morgan fingerprint density at radius 3 is 2.46 bits per heavy atom. The number of hydrogen-bond acceptors (Lipinski definition) is 7. The molecular formula is C17H10ClN3O6S. The van der Waals surface area contributed by atoms with Gasteiger partial charge in [0, 0.05) is 34.3 Å². The third-order valence-electron chi connectivity index (χ3n) is 3.87. The molecule has 3 rings (SSSR count). The molecule has 0 saturated carbocycles. The van der Waals surface area contributed by atoms with Crippen molar-refractivity contribution >= 4 is 52.0 Å². The standard InChI is InChI=1S/C17H10ClN3O6S/c18-13-6-5-12(20(24)25)7-11(13)8-15-16(22)19(17(23)28-15)9-10-3-1-2-4-14(10)21(26)27/h1-8H,9H2/b15-8+. The molecule has 0 atom stereocenters. The van der Waals surface area contributed by atoms with Crippen LogP contribution >= 0.6 is 23.4 Å². The van der Waals surface area contributed by atoms with Gasteiger partial charge in [0.05, 0.1) is 21.3 Å². The van der Waals surface area contributed by atoms with Crippen LogP contribution in [0.25, 0.3) is 6.08 Å². The number of imide groups is 1. The van der Waals surface area contributed by atoms with Crippen LogP contribution < -0.4 is 0 Å². The van der Waals surface area contributed by atoms with Gasteiger partial charge >= 0.3 is 0 Å². The van der Waals surface area contributed by atoms with Crippen molar-refractivity contribution in [2.45, 2.75) is 6.54 Å². The van der Waals surface area contributed by atoms with E-state index in [0.717, 1.165) is 4.90 Å². The molecule has 0 aliphatic carbocycles. The summed E-state index contributed by atoms with van der Waals surface area (Å²) in [6, 6.07) is 9.54. The molecular weight excluding hydrogens is 410 g/mol. The highest BCUT2D eigenvalue weighted by molar-refractivity contribution is 8.18. The maximum Gasteiger partial charge on any atom is 0.293 e. The molecule has 2 aromatic carbocycles. The zero-order chi connectivity index (χ0) is 20.4.